The van der Waals surface area contributed by atoms with Crippen LogP contribution < -0.4 is 69.1 Å². The van der Waals surface area contributed by atoms with Gasteiger partial charge < -0.3 is 96.6 Å². The number of rotatable bonds is 26. The van der Waals surface area contributed by atoms with E-state index in [1.807, 2.05) is 0 Å². The highest BCUT2D eigenvalue weighted by atomic mass is 16.7. The normalized spacial score (nSPS) is 12.6. The number of pyridine rings is 2. The number of ether oxygens (including phenoxy) is 12. The minimum atomic E-state index is -0.754. The first-order chi connectivity index (χ1) is 47.1. The van der Waals surface area contributed by atoms with E-state index < -0.39 is 35.5 Å². The van der Waals surface area contributed by atoms with Gasteiger partial charge in [0.2, 0.25) is 13.6 Å². The lowest BCUT2D eigenvalue weighted by Crippen LogP contribution is -2.36. The summed E-state index contributed by atoms with van der Waals surface area (Å²) in [4.78, 5) is 112. The fourth-order valence-electron chi connectivity index (χ4n) is 12.1. The third-order valence-corrected chi connectivity index (χ3v) is 16.8. The Balaban J connectivity index is 0.565. The van der Waals surface area contributed by atoms with Gasteiger partial charge in [-0.3, -0.25) is 19.2 Å². The highest BCUT2D eigenvalue weighted by molar-refractivity contribution is 6.28. The monoisotopic (exact) mass is 1330 g/mol. The van der Waals surface area contributed by atoms with Crippen molar-refractivity contribution in [1.82, 2.24) is 29.6 Å². The number of methoxy groups -OCH3 is 4. The Morgan fingerprint density at radius 2 is 0.814 bits per heavy atom. The minimum absolute atomic E-state index is 0.0143. The van der Waals surface area contributed by atoms with Gasteiger partial charge in [0, 0.05) is 85.4 Å². The van der Waals surface area contributed by atoms with E-state index in [-0.39, 0.29) is 139 Å². The molecule has 4 aliphatic rings. The fourth-order valence-corrected chi connectivity index (χ4v) is 12.1. The molecule has 4 amide bonds. The molecule has 2 aliphatic carbocycles. The molecule has 0 unspecified atom stereocenters. The predicted molar refractivity (Wildman–Crippen MR) is 345 cm³/mol. The number of hydrogen-bond donors (Lipinski definition) is 4. The lowest BCUT2D eigenvalue weighted by Gasteiger charge is -2.22. The summed E-state index contributed by atoms with van der Waals surface area (Å²) in [6.45, 7) is -0.640. The molecule has 12 rings (SSSR count). The summed E-state index contributed by atoms with van der Waals surface area (Å²) in [6, 6.07) is 25.4. The number of nitrogens with one attached hydrogen (secondary N) is 2. The van der Waals surface area contributed by atoms with Gasteiger partial charge in [-0.15, -0.1) is 0 Å². The van der Waals surface area contributed by atoms with E-state index >= 15 is 0 Å². The molecule has 0 radical (unpaired) electrons. The van der Waals surface area contributed by atoms with Crippen LogP contribution >= 0.6 is 0 Å². The Labute approximate surface area is 552 Å². The second kappa shape index (κ2) is 28.6. The van der Waals surface area contributed by atoms with Gasteiger partial charge >= 0.3 is 24.4 Å². The lowest BCUT2D eigenvalue weighted by molar-refractivity contribution is 0.0872. The number of carbonyl (C=O) groups is 6. The van der Waals surface area contributed by atoms with Crippen LogP contribution in [0, 0.1) is 0 Å². The number of hydrogen-bond acceptors (Lipinski definition) is 22. The Hall–Kier alpha value is -11.5. The lowest BCUT2D eigenvalue weighted by atomic mass is 10.0. The molecule has 0 bridgehead atoms. The third kappa shape index (κ3) is 13.2. The van der Waals surface area contributed by atoms with Gasteiger partial charge in [-0.1, -0.05) is 24.3 Å². The molecule has 4 heterocycles. The maximum absolute atomic E-state index is 14.4. The zero-order chi connectivity index (χ0) is 68.0. The van der Waals surface area contributed by atoms with Crippen LogP contribution in [0.2, 0.25) is 0 Å². The van der Waals surface area contributed by atoms with Crippen LogP contribution in [-0.4, -0.2) is 160 Å². The number of carbonyl (C=O) groups excluding carboxylic acids is 6. The zero-order valence-electron chi connectivity index (χ0n) is 53.1. The minimum Gasteiger partial charge on any atom is -0.493 e. The fraction of sp³-hybridized carbons (Fsp3) is 0.304. The number of fused-ring (bicyclic) bond motifs is 12. The van der Waals surface area contributed by atoms with Gasteiger partial charge in [0.15, 0.2) is 57.6 Å². The van der Waals surface area contributed by atoms with Crippen molar-refractivity contribution >= 4 is 57.5 Å². The number of nitrogens with zero attached hydrogens (tertiary/aromatic N) is 4. The zero-order valence-corrected chi connectivity index (χ0v) is 53.1. The van der Waals surface area contributed by atoms with Crippen molar-refractivity contribution in [2.45, 2.75) is 45.6 Å². The number of aromatic nitrogens is 2. The summed E-state index contributed by atoms with van der Waals surface area (Å²) < 4.78 is 69.4. The number of ketones is 2. The van der Waals surface area contributed by atoms with Gasteiger partial charge in [-0.05, 0) is 103 Å². The smallest absolute Gasteiger partial charge is 0.412 e. The molecule has 504 valence electrons. The second-order valence-corrected chi connectivity index (χ2v) is 22.5. The summed E-state index contributed by atoms with van der Waals surface area (Å²) in [5.41, 5.74) is 3.37. The van der Waals surface area contributed by atoms with Crippen LogP contribution in [-0.2, 0) is 35.8 Å². The average Bonchev–Trinajstić information content (AvgIpc) is 1.53. The van der Waals surface area contributed by atoms with E-state index in [2.05, 4.69) is 10.6 Å². The average molecular weight is 1330 g/mol. The van der Waals surface area contributed by atoms with E-state index in [0.717, 1.165) is 0 Å². The predicted octanol–water partition coefficient (Wildman–Crippen LogP) is 7.54. The van der Waals surface area contributed by atoms with E-state index in [0.29, 0.717) is 119 Å². The van der Waals surface area contributed by atoms with Crippen LogP contribution in [0.3, 0.4) is 0 Å². The Bertz CT molecular complexity index is 4280. The standard InChI is InChI=1S/C69H66N6O22/c1-86-50-26-42-48(32-52(50)88-3)64(80)74(60-44-28-54-56(94-36-92-54)30-46(44)62(78)58(42)60)20-6-18-72(22-24-76)68(84)90-34-38-8-12-40(13-9-38)96-66(82)70-16-5-17-71-67(83)97-41-14-10-39(11-15-41)35-91-69(85)73(23-25-77)19-7-21-75-61-45-29-55-57(95-37-93-55)31-47(45)63(79)59(61)43-27-51(87-2)53(89-4)33-49(43)65(75)81/h8-15,26-33,76-77H,5-7,16-25,34-37H2,1-4H3,(H,70,82)(H,71,83). The number of benzene rings is 6. The molecule has 0 saturated carbocycles. The van der Waals surface area contributed by atoms with Crippen LogP contribution in [0.5, 0.6) is 57.5 Å². The van der Waals surface area contributed by atoms with Crippen molar-refractivity contribution in [2.75, 3.05) is 94.5 Å². The van der Waals surface area contributed by atoms with Crippen molar-refractivity contribution in [3.63, 3.8) is 0 Å². The molecule has 0 saturated heterocycles. The van der Waals surface area contributed by atoms with Crippen LogP contribution in [0.4, 0.5) is 19.2 Å². The molecule has 2 aliphatic heterocycles. The summed E-state index contributed by atoms with van der Waals surface area (Å²) in [6.07, 6.45) is -2.19. The van der Waals surface area contributed by atoms with Crippen LogP contribution in [0.25, 0.3) is 44.1 Å². The van der Waals surface area contributed by atoms with Gasteiger partial charge in [-0.25, -0.2) is 19.2 Å². The van der Waals surface area contributed by atoms with Gasteiger partial charge in [-0.2, -0.15) is 0 Å². The van der Waals surface area contributed by atoms with Crippen molar-refractivity contribution in [3.8, 4) is 80.0 Å². The van der Waals surface area contributed by atoms with E-state index in [4.69, 9.17) is 56.8 Å². The van der Waals surface area contributed by atoms with Gasteiger partial charge in [0.25, 0.3) is 11.1 Å². The molecular weight excluding hydrogens is 1260 g/mol. The molecule has 0 fully saturated rings. The molecule has 6 aromatic carbocycles. The Morgan fingerprint density at radius 1 is 0.464 bits per heavy atom. The summed E-state index contributed by atoms with van der Waals surface area (Å²) in [5.74, 6) is 2.74. The van der Waals surface area contributed by atoms with E-state index in [1.165, 1.54) is 83.8 Å². The van der Waals surface area contributed by atoms with Crippen molar-refractivity contribution in [2.24, 2.45) is 0 Å². The first-order valence-electron chi connectivity index (χ1n) is 30.9. The molecule has 28 heteroatoms. The summed E-state index contributed by atoms with van der Waals surface area (Å²) in [5, 5.41) is 26.3. The first kappa shape index (κ1) is 65.5. The maximum atomic E-state index is 14.4. The van der Waals surface area contributed by atoms with Crippen molar-refractivity contribution in [1.29, 1.82) is 0 Å². The number of amides is 4. The Kier molecular flexibility index (Phi) is 19.3. The molecule has 97 heavy (non-hydrogen) atoms. The van der Waals surface area contributed by atoms with Crippen LogP contribution in [0.15, 0.2) is 107 Å². The third-order valence-electron chi connectivity index (χ3n) is 16.8. The molecule has 0 atom stereocenters. The van der Waals surface area contributed by atoms with E-state index in [9.17, 15) is 48.6 Å². The second-order valence-electron chi connectivity index (χ2n) is 22.5. The SMILES string of the molecule is COc1cc2c3c(n(CCCN(CCO)C(=O)OCc4ccc(OC(=O)NCCCNC(=O)Oc5ccc(COC(=O)N(CCO)CCCn6c7c(c8cc(OC)c(OC)cc8c6=O)C(=O)c6cc8c(cc6-7)OCO8)cc5)cc4)c(=O)c2cc1OC)-c1cc2c(cc1C3=O)OCO2. The summed E-state index contributed by atoms with van der Waals surface area (Å²) in [7, 11) is 5.81. The topological polar surface area (TPSA) is 328 Å². The van der Waals surface area contributed by atoms with E-state index in [1.54, 1.807) is 60.7 Å². The maximum Gasteiger partial charge on any atom is 0.412 e. The molecule has 0 spiro atoms. The Morgan fingerprint density at radius 3 is 1.16 bits per heavy atom. The highest BCUT2D eigenvalue weighted by Gasteiger charge is 2.38. The van der Waals surface area contributed by atoms with Crippen molar-refractivity contribution < 1.29 is 95.8 Å². The number of aliphatic hydroxyl groups is 2. The molecule has 2 aromatic heterocycles. The van der Waals surface area contributed by atoms with Gasteiger partial charge in [0.05, 0.1) is 74.9 Å². The van der Waals surface area contributed by atoms with Crippen LogP contribution in [0.1, 0.15) is 62.2 Å². The molecular formula is C69H66N6O22. The summed E-state index contributed by atoms with van der Waals surface area (Å²) >= 11 is 0. The van der Waals surface area contributed by atoms with Crippen molar-refractivity contribution in [3.05, 3.63) is 151 Å². The molecule has 4 N–H and O–H groups in total. The largest absolute Gasteiger partial charge is 0.493 e. The van der Waals surface area contributed by atoms with Gasteiger partial charge in [0.1, 0.15) is 24.7 Å². The molecule has 8 aromatic rings. The molecule has 28 nitrogen and oxygen atoms in total. The highest BCUT2D eigenvalue weighted by Crippen LogP contribution is 2.49. The number of aliphatic hydroxyl groups excluding tert-OH is 2. The first-order valence-corrected chi connectivity index (χ1v) is 30.9. The quantitative estimate of drug-likeness (QED) is 0.0380.